The van der Waals surface area contributed by atoms with Gasteiger partial charge in [-0.15, -0.1) is 0 Å². The number of rotatable bonds is 10. The molecular formula is C19H31NO4. The van der Waals surface area contributed by atoms with Crippen molar-refractivity contribution in [2.75, 3.05) is 0 Å². The Labute approximate surface area is 145 Å². The Bertz CT molecular complexity index is 488. The van der Waals surface area contributed by atoms with E-state index in [9.17, 15) is 9.59 Å². The average Bonchev–Trinajstić information content (AvgIpc) is 2.99. The first-order valence-electron chi connectivity index (χ1n) is 8.86. The molecule has 136 valence electrons. The molecule has 1 rings (SSSR count). The quantitative estimate of drug-likeness (QED) is 0.631. The van der Waals surface area contributed by atoms with E-state index in [-0.39, 0.29) is 5.78 Å². The summed E-state index contributed by atoms with van der Waals surface area (Å²) in [7, 11) is 0. The Morgan fingerprint density at radius 2 is 2.00 bits per heavy atom. The highest BCUT2D eigenvalue weighted by Crippen LogP contribution is 2.12. The van der Waals surface area contributed by atoms with Crippen molar-refractivity contribution in [3.8, 4) is 0 Å². The van der Waals surface area contributed by atoms with E-state index in [4.69, 9.17) is 9.15 Å². The minimum Gasteiger partial charge on any atom is -0.469 e. The predicted octanol–water partition coefficient (Wildman–Crippen LogP) is 4.65. The van der Waals surface area contributed by atoms with Gasteiger partial charge in [-0.25, -0.2) is 4.79 Å². The van der Waals surface area contributed by atoms with Crippen LogP contribution in [0.3, 0.4) is 0 Å². The molecule has 1 aromatic rings. The predicted molar refractivity (Wildman–Crippen MR) is 94.0 cm³/mol. The lowest BCUT2D eigenvalue weighted by Crippen LogP contribution is -2.43. The number of hydrogen-bond donors (Lipinski definition) is 1. The smallest absolute Gasteiger partial charge is 0.408 e. The van der Waals surface area contributed by atoms with Crippen LogP contribution in [0.25, 0.3) is 0 Å². The lowest BCUT2D eigenvalue weighted by Gasteiger charge is -2.23. The summed E-state index contributed by atoms with van der Waals surface area (Å²) in [4.78, 5) is 24.3. The lowest BCUT2D eigenvalue weighted by molar-refractivity contribution is -0.121. The number of aryl methyl sites for hydroxylation is 1. The van der Waals surface area contributed by atoms with E-state index in [2.05, 4.69) is 12.2 Å². The average molecular weight is 337 g/mol. The van der Waals surface area contributed by atoms with Crippen LogP contribution >= 0.6 is 0 Å². The van der Waals surface area contributed by atoms with Crippen molar-refractivity contribution < 1.29 is 18.7 Å². The molecule has 0 aromatic carbocycles. The van der Waals surface area contributed by atoms with Gasteiger partial charge in [-0.05, 0) is 52.2 Å². The fraction of sp³-hybridized carbons (Fsp3) is 0.684. The molecule has 0 aliphatic carbocycles. The Morgan fingerprint density at radius 1 is 1.25 bits per heavy atom. The highest BCUT2D eigenvalue weighted by Gasteiger charge is 2.23. The lowest BCUT2D eigenvalue weighted by atomic mass is 10.0. The fourth-order valence-electron chi connectivity index (χ4n) is 2.40. The van der Waals surface area contributed by atoms with Gasteiger partial charge in [0, 0.05) is 12.8 Å². The summed E-state index contributed by atoms with van der Waals surface area (Å²) in [6.45, 7) is 7.50. The molecule has 1 atom stereocenters. The van der Waals surface area contributed by atoms with Crippen LogP contribution in [0, 0.1) is 0 Å². The van der Waals surface area contributed by atoms with Crippen LogP contribution in [0.2, 0.25) is 0 Å². The summed E-state index contributed by atoms with van der Waals surface area (Å²) in [5, 5.41) is 2.73. The molecular weight excluding hydrogens is 306 g/mol. The number of furan rings is 1. The summed E-state index contributed by atoms with van der Waals surface area (Å²) in [5.74, 6) is 1.02. The van der Waals surface area contributed by atoms with Gasteiger partial charge < -0.3 is 14.5 Å². The summed E-state index contributed by atoms with van der Waals surface area (Å²) >= 11 is 0. The van der Waals surface area contributed by atoms with E-state index in [1.54, 1.807) is 6.26 Å². The Morgan fingerprint density at radius 3 is 2.58 bits per heavy atom. The fourth-order valence-corrected chi connectivity index (χ4v) is 2.40. The molecule has 0 aliphatic heterocycles. The first-order chi connectivity index (χ1) is 11.3. The third-order valence-corrected chi connectivity index (χ3v) is 3.60. The van der Waals surface area contributed by atoms with Gasteiger partial charge in [-0.3, -0.25) is 4.79 Å². The second-order valence-corrected chi connectivity index (χ2v) is 7.09. The van der Waals surface area contributed by atoms with Gasteiger partial charge in [-0.1, -0.05) is 19.8 Å². The molecule has 0 fully saturated rings. The van der Waals surface area contributed by atoms with Crippen molar-refractivity contribution in [1.82, 2.24) is 5.32 Å². The van der Waals surface area contributed by atoms with Crippen LogP contribution in [0.5, 0.6) is 0 Å². The van der Waals surface area contributed by atoms with Crippen molar-refractivity contribution in [3.05, 3.63) is 24.2 Å². The summed E-state index contributed by atoms with van der Waals surface area (Å²) in [5.41, 5.74) is -0.564. The zero-order valence-electron chi connectivity index (χ0n) is 15.4. The second kappa shape index (κ2) is 10.2. The van der Waals surface area contributed by atoms with Gasteiger partial charge >= 0.3 is 6.09 Å². The van der Waals surface area contributed by atoms with Gasteiger partial charge in [0.15, 0.2) is 5.78 Å². The normalized spacial score (nSPS) is 12.7. The number of ketones is 1. The standard InChI is InChI=1S/C19H31NO4/c1-5-6-12-16(20-18(22)24-19(2,3)4)17(21)13-8-7-10-15-11-9-14-23-15/h9,11,14,16H,5-8,10,12-13H2,1-4H3,(H,20,22). The topological polar surface area (TPSA) is 68.5 Å². The molecule has 0 saturated carbocycles. The molecule has 1 N–H and O–H groups in total. The maximum atomic E-state index is 12.4. The molecule has 0 bridgehead atoms. The molecule has 0 spiro atoms. The monoisotopic (exact) mass is 337 g/mol. The van der Waals surface area contributed by atoms with E-state index in [1.807, 2.05) is 32.9 Å². The summed E-state index contributed by atoms with van der Waals surface area (Å²) in [6.07, 6.45) is 6.66. The zero-order chi connectivity index (χ0) is 18.0. The van der Waals surface area contributed by atoms with Crippen molar-refractivity contribution in [2.24, 2.45) is 0 Å². The van der Waals surface area contributed by atoms with Gasteiger partial charge in [0.25, 0.3) is 0 Å². The number of carbonyl (C=O) groups is 2. The van der Waals surface area contributed by atoms with Gasteiger partial charge in [0.1, 0.15) is 11.4 Å². The number of ether oxygens (including phenoxy) is 1. The van der Waals surface area contributed by atoms with Gasteiger partial charge in [0.2, 0.25) is 0 Å². The molecule has 5 heteroatoms. The van der Waals surface area contributed by atoms with Crippen LogP contribution in [-0.4, -0.2) is 23.5 Å². The Hall–Kier alpha value is -1.78. The number of amides is 1. The first kappa shape index (κ1) is 20.3. The summed E-state index contributed by atoms with van der Waals surface area (Å²) < 4.78 is 10.5. The third kappa shape index (κ3) is 8.75. The Balaban J connectivity index is 2.40. The van der Waals surface area contributed by atoms with E-state index in [0.717, 1.165) is 37.9 Å². The van der Waals surface area contributed by atoms with E-state index in [0.29, 0.717) is 12.8 Å². The minimum atomic E-state index is -0.564. The first-order valence-corrected chi connectivity index (χ1v) is 8.86. The van der Waals surface area contributed by atoms with E-state index >= 15 is 0 Å². The SMILES string of the molecule is CCCCC(NC(=O)OC(C)(C)C)C(=O)CCCCc1ccco1. The molecule has 0 radical (unpaired) electrons. The molecule has 1 aromatic heterocycles. The third-order valence-electron chi connectivity index (χ3n) is 3.60. The largest absolute Gasteiger partial charge is 0.469 e. The Kier molecular flexibility index (Phi) is 8.58. The number of carbonyl (C=O) groups excluding carboxylic acids is 2. The van der Waals surface area contributed by atoms with Crippen molar-refractivity contribution >= 4 is 11.9 Å². The van der Waals surface area contributed by atoms with Crippen LogP contribution in [0.4, 0.5) is 4.79 Å². The number of unbranched alkanes of at least 4 members (excludes halogenated alkanes) is 2. The van der Waals surface area contributed by atoms with E-state index in [1.165, 1.54) is 0 Å². The van der Waals surface area contributed by atoms with Crippen LogP contribution < -0.4 is 5.32 Å². The van der Waals surface area contributed by atoms with Crippen LogP contribution in [-0.2, 0) is 16.0 Å². The number of Topliss-reactive ketones (excluding diaryl/α,β-unsaturated/α-hetero) is 1. The number of alkyl carbamates (subject to hydrolysis) is 1. The van der Waals surface area contributed by atoms with Crippen LogP contribution in [0.1, 0.15) is 72.0 Å². The molecule has 1 amide bonds. The number of nitrogens with one attached hydrogen (secondary N) is 1. The number of hydrogen-bond acceptors (Lipinski definition) is 4. The van der Waals surface area contributed by atoms with Crippen molar-refractivity contribution in [1.29, 1.82) is 0 Å². The van der Waals surface area contributed by atoms with Gasteiger partial charge in [0.05, 0.1) is 12.3 Å². The van der Waals surface area contributed by atoms with E-state index < -0.39 is 17.7 Å². The van der Waals surface area contributed by atoms with Gasteiger partial charge in [-0.2, -0.15) is 0 Å². The molecule has 24 heavy (non-hydrogen) atoms. The summed E-state index contributed by atoms with van der Waals surface area (Å²) in [6, 6.07) is 3.35. The zero-order valence-corrected chi connectivity index (χ0v) is 15.4. The maximum absolute atomic E-state index is 12.4. The molecule has 0 saturated heterocycles. The van der Waals surface area contributed by atoms with Crippen LogP contribution in [0.15, 0.2) is 22.8 Å². The van der Waals surface area contributed by atoms with Crippen molar-refractivity contribution in [2.45, 2.75) is 84.3 Å². The molecule has 0 aliphatic rings. The highest BCUT2D eigenvalue weighted by atomic mass is 16.6. The molecule has 1 heterocycles. The molecule has 5 nitrogen and oxygen atoms in total. The highest BCUT2D eigenvalue weighted by molar-refractivity contribution is 5.87. The van der Waals surface area contributed by atoms with Crippen molar-refractivity contribution in [3.63, 3.8) is 0 Å². The maximum Gasteiger partial charge on any atom is 0.408 e. The minimum absolute atomic E-state index is 0.0776. The molecule has 1 unspecified atom stereocenters. The second-order valence-electron chi connectivity index (χ2n) is 7.09.